The van der Waals surface area contributed by atoms with E-state index in [1.807, 2.05) is 0 Å². The number of halogens is 1. The minimum atomic E-state index is -1.20. The van der Waals surface area contributed by atoms with Crippen LogP contribution in [0.25, 0.3) is 0 Å². The Balaban J connectivity index is 2.98. The molecule has 4 nitrogen and oxygen atoms in total. The van der Waals surface area contributed by atoms with Gasteiger partial charge in [-0.2, -0.15) is 0 Å². The van der Waals surface area contributed by atoms with Crippen molar-refractivity contribution >= 4 is 11.6 Å². The lowest BCUT2D eigenvalue weighted by molar-refractivity contribution is -0.0153. The van der Waals surface area contributed by atoms with E-state index in [0.29, 0.717) is 11.3 Å². The lowest BCUT2D eigenvalue weighted by Crippen LogP contribution is -2.22. The largest absolute Gasteiger partial charge is 0.496 e. The third-order valence-electron chi connectivity index (χ3n) is 2.34. The number of ether oxygens (including phenoxy) is 1. The molecule has 0 saturated carbocycles. The molecule has 16 heavy (non-hydrogen) atoms. The van der Waals surface area contributed by atoms with Gasteiger partial charge in [-0.25, -0.2) is 0 Å². The molecule has 0 spiro atoms. The van der Waals surface area contributed by atoms with Crippen LogP contribution in [0.1, 0.15) is 17.2 Å². The van der Waals surface area contributed by atoms with Crippen molar-refractivity contribution in [3.63, 3.8) is 0 Å². The highest BCUT2D eigenvalue weighted by atomic mass is 35.5. The molecular weight excluding hydrogens is 232 g/mol. The second-order valence-corrected chi connectivity index (χ2v) is 3.67. The zero-order chi connectivity index (χ0) is 12.1. The average Bonchev–Trinajstić information content (AvgIpc) is 2.35. The smallest absolute Gasteiger partial charge is 0.123 e. The van der Waals surface area contributed by atoms with Crippen LogP contribution >= 0.6 is 11.6 Å². The van der Waals surface area contributed by atoms with Crippen LogP contribution in [0.3, 0.4) is 0 Å². The number of methoxy groups -OCH3 is 1. The molecule has 2 unspecified atom stereocenters. The number of hydrogen-bond donors (Lipinski definition) is 3. The van der Waals surface area contributed by atoms with Crippen molar-refractivity contribution in [2.24, 2.45) is 0 Å². The van der Waals surface area contributed by atoms with Crippen LogP contribution in [0, 0.1) is 0 Å². The molecule has 0 radical (unpaired) electrons. The van der Waals surface area contributed by atoms with Crippen molar-refractivity contribution in [3.05, 3.63) is 29.3 Å². The number of benzene rings is 1. The van der Waals surface area contributed by atoms with E-state index in [4.69, 9.17) is 21.4 Å². The number of hydrogen-bond acceptors (Lipinski definition) is 4. The van der Waals surface area contributed by atoms with Crippen molar-refractivity contribution < 1.29 is 20.1 Å². The number of alkyl halides is 1. The average molecular weight is 247 g/mol. The molecule has 1 aromatic rings. The van der Waals surface area contributed by atoms with E-state index in [2.05, 4.69) is 0 Å². The fourth-order valence-corrected chi connectivity index (χ4v) is 1.62. The van der Waals surface area contributed by atoms with E-state index >= 15 is 0 Å². The molecule has 1 aromatic carbocycles. The normalized spacial score (nSPS) is 14.6. The van der Waals surface area contributed by atoms with Gasteiger partial charge in [-0.1, -0.05) is 6.07 Å². The Labute approximate surface area is 99.1 Å². The molecule has 5 heteroatoms. The van der Waals surface area contributed by atoms with Crippen molar-refractivity contribution in [3.8, 4) is 5.75 Å². The van der Waals surface area contributed by atoms with Gasteiger partial charge in [0, 0.05) is 5.56 Å². The van der Waals surface area contributed by atoms with Gasteiger partial charge in [0.1, 0.15) is 18.0 Å². The van der Waals surface area contributed by atoms with Crippen LogP contribution in [-0.4, -0.2) is 35.1 Å². The molecule has 0 fully saturated rings. The van der Waals surface area contributed by atoms with E-state index < -0.39 is 18.8 Å². The maximum Gasteiger partial charge on any atom is 0.123 e. The molecule has 2 atom stereocenters. The van der Waals surface area contributed by atoms with Crippen LogP contribution in [0.15, 0.2) is 18.2 Å². The van der Waals surface area contributed by atoms with E-state index in [1.165, 1.54) is 7.11 Å². The van der Waals surface area contributed by atoms with Gasteiger partial charge < -0.3 is 20.1 Å². The minimum Gasteiger partial charge on any atom is -0.496 e. The Bertz CT molecular complexity index is 343. The first kappa shape index (κ1) is 13.3. The molecule has 0 saturated heterocycles. The number of aliphatic hydroxyl groups excluding tert-OH is 3. The summed E-state index contributed by atoms with van der Waals surface area (Å²) in [5.74, 6) is 0.878. The van der Waals surface area contributed by atoms with E-state index in [1.54, 1.807) is 18.2 Å². The minimum absolute atomic E-state index is 0.249. The molecule has 0 aliphatic heterocycles. The summed E-state index contributed by atoms with van der Waals surface area (Å²) in [6, 6.07) is 4.94. The molecule has 0 aromatic heterocycles. The first-order chi connectivity index (χ1) is 7.63. The summed E-state index contributed by atoms with van der Waals surface area (Å²) in [5.41, 5.74) is 1.23. The topological polar surface area (TPSA) is 69.9 Å². The molecule has 0 amide bonds. The fourth-order valence-electron chi connectivity index (χ4n) is 1.41. The maximum absolute atomic E-state index is 9.68. The number of aliphatic hydroxyl groups is 3. The molecule has 0 aliphatic rings. The molecule has 1 rings (SSSR count). The highest BCUT2D eigenvalue weighted by molar-refractivity contribution is 6.17. The van der Waals surface area contributed by atoms with Crippen LogP contribution in [-0.2, 0) is 5.88 Å². The Hall–Kier alpha value is -0.810. The van der Waals surface area contributed by atoms with Gasteiger partial charge in [0.15, 0.2) is 0 Å². The molecular formula is C11H15ClO4. The second kappa shape index (κ2) is 6.06. The van der Waals surface area contributed by atoms with Crippen molar-refractivity contribution in [2.45, 2.75) is 18.1 Å². The second-order valence-electron chi connectivity index (χ2n) is 3.40. The van der Waals surface area contributed by atoms with Gasteiger partial charge in [0.05, 0.1) is 19.6 Å². The predicted molar refractivity (Wildman–Crippen MR) is 60.6 cm³/mol. The summed E-state index contributed by atoms with van der Waals surface area (Å²) >= 11 is 5.73. The Kier molecular flexibility index (Phi) is 5.02. The first-order valence-electron chi connectivity index (χ1n) is 4.83. The van der Waals surface area contributed by atoms with Gasteiger partial charge in [0.2, 0.25) is 0 Å². The first-order valence-corrected chi connectivity index (χ1v) is 5.37. The van der Waals surface area contributed by atoms with Gasteiger partial charge in [-0.3, -0.25) is 0 Å². The fraction of sp³-hybridized carbons (Fsp3) is 0.455. The maximum atomic E-state index is 9.68. The predicted octanol–water partition coefficient (Wildman–Crippen LogP) is 0.821. The summed E-state index contributed by atoms with van der Waals surface area (Å²) in [7, 11) is 1.53. The Morgan fingerprint density at radius 3 is 2.56 bits per heavy atom. The molecule has 3 N–H and O–H groups in total. The van der Waals surface area contributed by atoms with Crippen LogP contribution < -0.4 is 4.74 Å². The summed E-state index contributed by atoms with van der Waals surface area (Å²) in [6.45, 7) is -0.497. The molecule has 0 heterocycles. The third kappa shape index (κ3) is 2.86. The van der Waals surface area contributed by atoms with E-state index in [9.17, 15) is 10.2 Å². The lowest BCUT2D eigenvalue weighted by Gasteiger charge is -2.17. The molecule has 0 aliphatic carbocycles. The van der Waals surface area contributed by atoms with Crippen molar-refractivity contribution in [2.75, 3.05) is 13.7 Å². The summed E-state index contributed by atoms with van der Waals surface area (Å²) < 4.78 is 5.08. The lowest BCUT2D eigenvalue weighted by atomic mass is 10.0. The number of rotatable bonds is 5. The van der Waals surface area contributed by atoms with E-state index in [0.717, 1.165) is 5.56 Å². The SMILES string of the molecule is COc1ccc(C(O)C(O)CO)cc1CCl. The highest BCUT2D eigenvalue weighted by Gasteiger charge is 2.18. The zero-order valence-corrected chi connectivity index (χ0v) is 9.68. The van der Waals surface area contributed by atoms with Gasteiger partial charge in [-0.05, 0) is 17.7 Å². The van der Waals surface area contributed by atoms with Crippen molar-refractivity contribution in [1.29, 1.82) is 0 Å². The van der Waals surface area contributed by atoms with Crippen molar-refractivity contribution in [1.82, 2.24) is 0 Å². The van der Waals surface area contributed by atoms with Crippen LogP contribution in [0.4, 0.5) is 0 Å². The van der Waals surface area contributed by atoms with Crippen LogP contribution in [0.5, 0.6) is 5.75 Å². The Morgan fingerprint density at radius 1 is 1.38 bits per heavy atom. The standard InChI is InChI=1S/C11H15ClO4/c1-16-10-3-2-7(4-8(10)5-12)11(15)9(14)6-13/h2-4,9,11,13-15H,5-6H2,1H3. The summed E-state index contributed by atoms with van der Waals surface area (Å²) in [5, 5.41) is 27.7. The zero-order valence-electron chi connectivity index (χ0n) is 8.93. The third-order valence-corrected chi connectivity index (χ3v) is 2.63. The van der Waals surface area contributed by atoms with Gasteiger partial charge in [0.25, 0.3) is 0 Å². The van der Waals surface area contributed by atoms with Crippen LogP contribution in [0.2, 0.25) is 0 Å². The Morgan fingerprint density at radius 2 is 2.06 bits per heavy atom. The molecule has 90 valence electrons. The highest BCUT2D eigenvalue weighted by Crippen LogP contribution is 2.26. The quantitative estimate of drug-likeness (QED) is 0.673. The monoisotopic (exact) mass is 246 g/mol. The summed E-state index contributed by atoms with van der Waals surface area (Å²) in [4.78, 5) is 0. The van der Waals surface area contributed by atoms with Gasteiger partial charge >= 0.3 is 0 Å². The summed E-state index contributed by atoms with van der Waals surface area (Å²) in [6.07, 6.45) is -2.32. The molecule has 0 bridgehead atoms. The van der Waals surface area contributed by atoms with E-state index in [-0.39, 0.29) is 5.88 Å². The van der Waals surface area contributed by atoms with Gasteiger partial charge in [-0.15, -0.1) is 11.6 Å².